The number of carbonyl (C=O) groups is 1. The number of anilines is 1. The summed E-state index contributed by atoms with van der Waals surface area (Å²) in [4.78, 5) is 16.6. The van der Waals surface area contributed by atoms with Gasteiger partial charge in [-0.05, 0) is 55.0 Å². The first-order chi connectivity index (χ1) is 17.2. The summed E-state index contributed by atoms with van der Waals surface area (Å²) in [6, 6.07) is 20.6. The molecule has 0 fully saturated rings. The molecule has 0 aliphatic carbocycles. The molecule has 0 bridgehead atoms. The van der Waals surface area contributed by atoms with Crippen LogP contribution in [-0.4, -0.2) is 40.9 Å². The maximum atomic E-state index is 12.4. The standard InChI is InChI=1S/C26H24N4O4S/c1-2-32-23-18-19(11-13-22(23)34-17-16-33-20-8-4-3-5-9-20)12-14-24(31)28-26-30-29-25(35-26)21-10-6-7-15-27-21/h3-15,18H,2,16-17H2,1H3,(H,28,30,31)/b14-12+. The van der Waals surface area contributed by atoms with Gasteiger partial charge >= 0.3 is 0 Å². The number of nitrogens with one attached hydrogen (secondary N) is 1. The summed E-state index contributed by atoms with van der Waals surface area (Å²) >= 11 is 1.26. The summed E-state index contributed by atoms with van der Waals surface area (Å²) in [6.45, 7) is 3.17. The number of rotatable bonds is 11. The van der Waals surface area contributed by atoms with Crippen molar-refractivity contribution in [3.05, 3.63) is 84.6 Å². The lowest BCUT2D eigenvalue weighted by atomic mass is 10.2. The molecule has 2 heterocycles. The van der Waals surface area contributed by atoms with Gasteiger partial charge in [-0.25, -0.2) is 0 Å². The zero-order chi connectivity index (χ0) is 24.3. The third-order valence-corrected chi connectivity index (χ3v) is 5.45. The molecular formula is C26H24N4O4S. The van der Waals surface area contributed by atoms with E-state index in [-0.39, 0.29) is 5.91 Å². The molecule has 0 saturated carbocycles. The Kier molecular flexibility index (Phi) is 8.39. The van der Waals surface area contributed by atoms with Gasteiger partial charge in [-0.2, -0.15) is 0 Å². The second kappa shape index (κ2) is 12.3. The predicted molar refractivity (Wildman–Crippen MR) is 136 cm³/mol. The van der Waals surface area contributed by atoms with Gasteiger partial charge in [0, 0.05) is 12.3 Å². The first-order valence-corrected chi connectivity index (χ1v) is 11.8. The number of para-hydroxylation sites is 1. The summed E-state index contributed by atoms with van der Waals surface area (Å²) in [5.74, 6) is 1.69. The minimum Gasteiger partial charge on any atom is -0.490 e. The van der Waals surface area contributed by atoms with E-state index in [2.05, 4.69) is 20.5 Å². The van der Waals surface area contributed by atoms with Crippen LogP contribution in [0, 0.1) is 0 Å². The van der Waals surface area contributed by atoms with Crippen molar-refractivity contribution < 1.29 is 19.0 Å². The highest BCUT2D eigenvalue weighted by Gasteiger charge is 2.10. The van der Waals surface area contributed by atoms with Gasteiger partial charge in [-0.1, -0.05) is 41.7 Å². The Balaban J connectivity index is 1.32. The SMILES string of the molecule is CCOc1cc(/C=C/C(=O)Nc2nnc(-c3ccccn3)s2)ccc1OCCOc1ccccc1. The third-order valence-electron chi connectivity index (χ3n) is 4.59. The first-order valence-electron chi connectivity index (χ1n) is 11.0. The Morgan fingerprint density at radius 3 is 2.57 bits per heavy atom. The molecule has 0 spiro atoms. The van der Waals surface area contributed by atoms with Crippen molar-refractivity contribution in [2.75, 3.05) is 25.1 Å². The van der Waals surface area contributed by atoms with Crippen LogP contribution in [0.15, 0.2) is 79.0 Å². The molecule has 9 heteroatoms. The van der Waals surface area contributed by atoms with Crippen molar-refractivity contribution in [3.8, 4) is 28.0 Å². The Labute approximate surface area is 207 Å². The van der Waals surface area contributed by atoms with E-state index in [1.54, 1.807) is 12.3 Å². The van der Waals surface area contributed by atoms with Crippen LogP contribution in [-0.2, 0) is 4.79 Å². The number of carbonyl (C=O) groups excluding carboxylic acids is 1. The van der Waals surface area contributed by atoms with E-state index >= 15 is 0 Å². The van der Waals surface area contributed by atoms with Crippen LogP contribution < -0.4 is 19.5 Å². The third kappa shape index (κ3) is 7.12. The lowest BCUT2D eigenvalue weighted by Gasteiger charge is -2.13. The van der Waals surface area contributed by atoms with Gasteiger partial charge in [0.05, 0.1) is 6.61 Å². The van der Waals surface area contributed by atoms with Gasteiger partial charge in [-0.3, -0.25) is 15.1 Å². The van der Waals surface area contributed by atoms with Crippen LogP contribution in [0.25, 0.3) is 16.8 Å². The summed E-state index contributed by atoms with van der Waals surface area (Å²) in [5, 5.41) is 11.8. The number of pyridine rings is 1. The molecule has 4 aromatic rings. The molecule has 1 amide bonds. The molecule has 178 valence electrons. The lowest BCUT2D eigenvalue weighted by molar-refractivity contribution is -0.111. The van der Waals surface area contributed by atoms with Gasteiger partial charge in [0.1, 0.15) is 24.7 Å². The van der Waals surface area contributed by atoms with E-state index in [0.29, 0.717) is 47.2 Å². The Hall–Kier alpha value is -4.24. The maximum absolute atomic E-state index is 12.4. The molecule has 2 aromatic heterocycles. The Morgan fingerprint density at radius 1 is 0.943 bits per heavy atom. The van der Waals surface area contributed by atoms with Crippen molar-refractivity contribution >= 4 is 28.5 Å². The van der Waals surface area contributed by atoms with Crippen molar-refractivity contribution in [1.29, 1.82) is 0 Å². The fourth-order valence-corrected chi connectivity index (χ4v) is 3.75. The molecule has 0 aliphatic heterocycles. The normalized spacial score (nSPS) is 10.8. The van der Waals surface area contributed by atoms with E-state index in [1.165, 1.54) is 17.4 Å². The van der Waals surface area contributed by atoms with Crippen molar-refractivity contribution in [1.82, 2.24) is 15.2 Å². The van der Waals surface area contributed by atoms with E-state index in [0.717, 1.165) is 11.3 Å². The van der Waals surface area contributed by atoms with E-state index in [4.69, 9.17) is 14.2 Å². The minimum absolute atomic E-state index is 0.315. The van der Waals surface area contributed by atoms with Crippen LogP contribution in [0.1, 0.15) is 12.5 Å². The largest absolute Gasteiger partial charge is 0.490 e. The number of ether oxygens (including phenoxy) is 3. The molecule has 4 rings (SSSR count). The minimum atomic E-state index is -0.315. The molecule has 0 radical (unpaired) electrons. The number of nitrogens with zero attached hydrogens (tertiary/aromatic N) is 3. The van der Waals surface area contributed by atoms with Gasteiger partial charge in [-0.15, -0.1) is 10.2 Å². The zero-order valence-electron chi connectivity index (χ0n) is 19.1. The van der Waals surface area contributed by atoms with Gasteiger partial charge in [0.25, 0.3) is 0 Å². The van der Waals surface area contributed by atoms with E-state index in [9.17, 15) is 4.79 Å². The monoisotopic (exact) mass is 488 g/mol. The van der Waals surface area contributed by atoms with Crippen LogP contribution in [0.5, 0.6) is 17.2 Å². The summed E-state index contributed by atoms with van der Waals surface area (Å²) in [6.07, 6.45) is 4.81. The molecule has 35 heavy (non-hydrogen) atoms. The van der Waals surface area contributed by atoms with Gasteiger partial charge in [0.2, 0.25) is 11.0 Å². The predicted octanol–water partition coefficient (Wildman–Crippen LogP) is 5.11. The quantitative estimate of drug-likeness (QED) is 0.232. The Morgan fingerprint density at radius 2 is 1.77 bits per heavy atom. The van der Waals surface area contributed by atoms with Crippen molar-refractivity contribution in [2.24, 2.45) is 0 Å². The molecule has 0 saturated heterocycles. The number of benzene rings is 2. The van der Waals surface area contributed by atoms with Crippen LogP contribution in [0.3, 0.4) is 0 Å². The molecule has 0 unspecified atom stereocenters. The second-order valence-corrected chi connectivity index (χ2v) is 8.08. The second-order valence-electron chi connectivity index (χ2n) is 7.10. The highest BCUT2D eigenvalue weighted by atomic mass is 32.1. The fourth-order valence-electron chi connectivity index (χ4n) is 3.03. The molecule has 0 atom stereocenters. The molecule has 2 aromatic carbocycles. The molecular weight excluding hydrogens is 464 g/mol. The smallest absolute Gasteiger partial charge is 0.250 e. The topological polar surface area (TPSA) is 95.5 Å². The summed E-state index contributed by atoms with van der Waals surface area (Å²) < 4.78 is 17.2. The summed E-state index contributed by atoms with van der Waals surface area (Å²) in [7, 11) is 0. The van der Waals surface area contributed by atoms with Crippen LogP contribution >= 0.6 is 11.3 Å². The average molecular weight is 489 g/mol. The number of amides is 1. The lowest BCUT2D eigenvalue weighted by Crippen LogP contribution is -2.10. The number of hydrogen-bond acceptors (Lipinski definition) is 8. The van der Waals surface area contributed by atoms with Crippen molar-refractivity contribution in [2.45, 2.75) is 6.92 Å². The highest BCUT2D eigenvalue weighted by molar-refractivity contribution is 7.18. The highest BCUT2D eigenvalue weighted by Crippen LogP contribution is 2.29. The maximum Gasteiger partial charge on any atom is 0.250 e. The van der Waals surface area contributed by atoms with E-state index in [1.807, 2.05) is 73.7 Å². The fraction of sp³-hybridized carbons (Fsp3) is 0.154. The van der Waals surface area contributed by atoms with Gasteiger partial charge < -0.3 is 14.2 Å². The molecule has 0 aliphatic rings. The average Bonchev–Trinajstić information content (AvgIpc) is 3.36. The van der Waals surface area contributed by atoms with E-state index < -0.39 is 0 Å². The number of aromatic nitrogens is 3. The summed E-state index contributed by atoms with van der Waals surface area (Å²) in [5.41, 5.74) is 1.50. The number of hydrogen-bond donors (Lipinski definition) is 1. The van der Waals surface area contributed by atoms with Crippen LogP contribution in [0.4, 0.5) is 5.13 Å². The Bertz CT molecular complexity index is 1260. The molecule has 1 N–H and O–H groups in total. The van der Waals surface area contributed by atoms with Crippen molar-refractivity contribution in [3.63, 3.8) is 0 Å². The van der Waals surface area contributed by atoms with Gasteiger partial charge in [0.15, 0.2) is 16.5 Å². The molecule has 8 nitrogen and oxygen atoms in total. The first kappa shape index (κ1) is 23.9. The zero-order valence-corrected chi connectivity index (χ0v) is 19.9. The van der Waals surface area contributed by atoms with Crippen LogP contribution in [0.2, 0.25) is 0 Å².